The van der Waals surface area contributed by atoms with Crippen molar-refractivity contribution in [2.75, 3.05) is 12.0 Å². The van der Waals surface area contributed by atoms with E-state index in [1.165, 1.54) is 0 Å². The Morgan fingerprint density at radius 1 is 1.32 bits per heavy atom. The number of hydrogen-bond acceptors (Lipinski definition) is 3. The zero-order valence-corrected chi connectivity index (χ0v) is 12.5. The molecule has 6 heteroatoms. The molecule has 19 heavy (non-hydrogen) atoms. The van der Waals surface area contributed by atoms with Crippen LogP contribution >= 0.6 is 11.6 Å². The zero-order valence-electron chi connectivity index (χ0n) is 10.9. The van der Waals surface area contributed by atoms with Crippen molar-refractivity contribution < 1.29 is 4.21 Å². The molecule has 0 N–H and O–H groups in total. The minimum Gasteiger partial charge on any atom is -0.295 e. The van der Waals surface area contributed by atoms with Gasteiger partial charge in [-0.2, -0.15) is 0 Å². The first-order chi connectivity index (χ1) is 9.09. The monoisotopic (exact) mass is 297 g/mol. The Balaban J connectivity index is 2.30. The Morgan fingerprint density at radius 3 is 2.63 bits per heavy atom. The summed E-state index contributed by atoms with van der Waals surface area (Å²) in [6.07, 6.45) is 2.49. The zero-order chi connectivity index (χ0) is 13.8. The lowest BCUT2D eigenvalue weighted by atomic mass is 10.2. The van der Waals surface area contributed by atoms with E-state index in [1.54, 1.807) is 6.26 Å². The van der Waals surface area contributed by atoms with Crippen LogP contribution in [0.5, 0.6) is 0 Å². The van der Waals surface area contributed by atoms with Gasteiger partial charge in [-0.25, -0.2) is 0 Å². The summed E-state index contributed by atoms with van der Waals surface area (Å²) in [6, 6.07) is 9.92. The molecule has 0 spiro atoms. The van der Waals surface area contributed by atoms with E-state index in [2.05, 4.69) is 10.2 Å². The molecule has 0 amide bonds. The second-order valence-electron chi connectivity index (χ2n) is 4.44. The summed E-state index contributed by atoms with van der Waals surface area (Å²) in [5.41, 5.74) is 0.978. The van der Waals surface area contributed by atoms with Gasteiger partial charge in [0, 0.05) is 34.4 Å². The van der Waals surface area contributed by atoms with E-state index >= 15 is 0 Å². The molecule has 1 aromatic heterocycles. The molecule has 2 atom stereocenters. The third-order valence-corrected chi connectivity index (χ3v) is 4.02. The van der Waals surface area contributed by atoms with Crippen LogP contribution in [0.15, 0.2) is 30.3 Å². The molecule has 2 unspecified atom stereocenters. The number of rotatable bonds is 5. The molecular formula is C13H16ClN3OS. The van der Waals surface area contributed by atoms with Gasteiger partial charge in [0.05, 0.1) is 0 Å². The summed E-state index contributed by atoms with van der Waals surface area (Å²) in [5.74, 6) is 1.39. The van der Waals surface area contributed by atoms with Gasteiger partial charge in [0.25, 0.3) is 0 Å². The van der Waals surface area contributed by atoms with Gasteiger partial charge in [-0.3, -0.25) is 8.78 Å². The van der Waals surface area contributed by atoms with E-state index in [-0.39, 0.29) is 6.04 Å². The summed E-state index contributed by atoms with van der Waals surface area (Å²) in [5, 5.41) is 8.45. The van der Waals surface area contributed by atoms with Crippen molar-refractivity contribution in [2.45, 2.75) is 19.4 Å². The lowest BCUT2D eigenvalue weighted by Gasteiger charge is -2.15. The molecule has 0 saturated carbocycles. The van der Waals surface area contributed by atoms with Gasteiger partial charge in [-0.1, -0.05) is 30.3 Å². The SMILES string of the molecule is CC(CCS(C)=O)n1c(Cl)nnc1-c1ccccc1. The van der Waals surface area contributed by atoms with Crippen LogP contribution in [0.25, 0.3) is 11.4 Å². The number of aromatic nitrogens is 3. The standard InChI is InChI=1S/C13H16ClN3OS/c1-10(8-9-19(2)18)17-12(15-16-13(17)14)11-6-4-3-5-7-11/h3-7,10H,8-9H2,1-2H3. The normalized spacial score (nSPS) is 14.3. The first-order valence-electron chi connectivity index (χ1n) is 6.05. The van der Waals surface area contributed by atoms with Crippen LogP contribution in [0.2, 0.25) is 5.28 Å². The van der Waals surface area contributed by atoms with E-state index in [0.29, 0.717) is 11.0 Å². The van der Waals surface area contributed by atoms with Gasteiger partial charge in [-0.15, -0.1) is 10.2 Å². The van der Waals surface area contributed by atoms with E-state index in [4.69, 9.17) is 11.6 Å². The van der Waals surface area contributed by atoms with Crippen molar-refractivity contribution in [3.05, 3.63) is 35.6 Å². The van der Waals surface area contributed by atoms with Gasteiger partial charge < -0.3 is 0 Å². The molecular weight excluding hydrogens is 282 g/mol. The second-order valence-corrected chi connectivity index (χ2v) is 6.34. The van der Waals surface area contributed by atoms with Crippen molar-refractivity contribution in [3.63, 3.8) is 0 Å². The maximum Gasteiger partial charge on any atom is 0.225 e. The Labute approximate surface area is 120 Å². The van der Waals surface area contributed by atoms with Gasteiger partial charge in [0.2, 0.25) is 5.28 Å². The van der Waals surface area contributed by atoms with Crippen molar-refractivity contribution in [2.24, 2.45) is 0 Å². The molecule has 102 valence electrons. The fourth-order valence-corrected chi connectivity index (χ4v) is 2.87. The largest absolute Gasteiger partial charge is 0.295 e. The number of nitrogens with zero attached hydrogens (tertiary/aromatic N) is 3. The van der Waals surface area contributed by atoms with Crippen LogP contribution in [0.3, 0.4) is 0 Å². The Hall–Kier alpha value is -1.20. The molecule has 0 aliphatic heterocycles. The maximum absolute atomic E-state index is 11.2. The minimum atomic E-state index is -0.803. The summed E-state index contributed by atoms with van der Waals surface area (Å²) in [4.78, 5) is 0. The van der Waals surface area contributed by atoms with Crippen LogP contribution in [0.4, 0.5) is 0 Å². The molecule has 0 aliphatic rings. The lowest BCUT2D eigenvalue weighted by molar-refractivity contribution is 0.535. The molecule has 0 saturated heterocycles. The summed E-state index contributed by atoms with van der Waals surface area (Å²) >= 11 is 6.12. The first-order valence-corrected chi connectivity index (χ1v) is 8.16. The number of benzene rings is 1. The van der Waals surface area contributed by atoms with Crippen LogP contribution in [-0.2, 0) is 10.8 Å². The third kappa shape index (κ3) is 3.42. The average Bonchev–Trinajstić information content (AvgIpc) is 2.79. The molecule has 1 aromatic carbocycles. The highest BCUT2D eigenvalue weighted by atomic mass is 35.5. The quantitative estimate of drug-likeness (QED) is 0.852. The van der Waals surface area contributed by atoms with Crippen LogP contribution < -0.4 is 0 Å². The van der Waals surface area contributed by atoms with E-state index in [9.17, 15) is 4.21 Å². The van der Waals surface area contributed by atoms with Crippen molar-refractivity contribution in [1.82, 2.24) is 14.8 Å². The minimum absolute atomic E-state index is 0.113. The molecule has 4 nitrogen and oxygen atoms in total. The fourth-order valence-electron chi connectivity index (χ4n) is 1.91. The van der Waals surface area contributed by atoms with Gasteiger partial charge in [-0.05, 0) is 24.9 Å². The van der Waals surface area contributed by atoms with Crippen molar-refractivity contribution in [1.29, 1.82) is 0 Å². The van der Waals surface area contributed by atoms with Gasteiger partial charge in [0.15, 0.2) is 5.82 Å². The molecule has 0 aliphatic carbocycles. The predicted octanol–water partition coefficient (Wildman–Crippen LogP) is 2.93. The Kier molecular flexibility index (Phi) is 4.71. The Bertz CT molecular complexity index is 571. The highest BCUT2D eigenvalue weighted by molar-refractivity contribution is 7.84. The van der Waals surface area contributed by atoms with Crippen LogP contribution in [0.1, 0.15) is 19.4 Å². The summed E-state index contributed by atoms with van der Waals surface area (Å²) < 4.78 is 13.1. The molecule has 1 heterocycles. The topological polar surface area (TPSA) is 47.8 Å². The smallest absolute Gasteiger partial charge is 0.225 e. The lowest BCUT2D eigenvalue weighted by Crippen LogP contribution is -2.10. The second kappa shape index (κ2) is 6.30. The first kappa shape index (κ1) is 14.2. The van der Waals surface area contributed by atoms with Crippen LogP contribution in [0, 0.1) is 0 Å². The molecule has 0 bridgehead atoms. The van der Waals surface area contributed by atoms with Crippen LogP contribution in [-0.4, -0.2) is 31.0 Å². The highest BCUT2D eigenvalue weighted by Gasteiger charge is 2.17. The molecule has 2 aromatic rings. The summed E-state index contributed by atoms with van der Waals surface area (Å²) in [7, 11) is -0.803. The summed E-state index contributed by atoms with van der Waals surface area (Å²) in [6.45, 7) is 2.04. The molecule has 0 radical (unpaired) electrons. The van der Waals surface area contributed by atoms with E-state index in [1.807, 2.05) is 41.8 Å². The third-order valence-electron chi connectivity index (χ3n) is 2.95. The fraction of sp³-hybridized carbons (Fsp3) is 0.385. The average molecular weight is 298 g/mol. The maximum atomic E-state index is 11.2. The number of halogens is 1. The van der Waals surface area contributed by atoms with Gasteiger partial charge in [0.1, 0.15) is 0 Å². The molecule has 2 rings (SSSR count). The van der Waals surface area contributed by atoms with Crippen molar-refractivity contribution in [3.8, 4) is 11.4 Å². The highest BCUT2D eigenvalue weighted by Crippen LogP contribution is 2.26. The Morgan fingerprint density at radius 2 is 2.00 bits per heavy atom. The van der Waals surface area contributed by atoms with E-state index < -0.39 is 10.8 Å². The van der Waals surface area contributed by atoms with Crippen molar-refractivity contribution >= 4 is 22.4 Å². The number of hydrogen-bond donors (Lipinski definition) is 0. The molecule has 0 fully saturated rings. The predicted molar refractivity (Wildman–Crippen MR) is 78.7 cm³/mol. The van der Waals surface area contributed by atoms with E-state index in [0.717, 1.165) is 17.8 Å². The van der Waals surface area contributed by atoms with Gasteiger partial charge >= 0.3 is 0 Å².